The van der Waals surface area contributed by atoms with Crippen molar-refractivity contribution in [2.24, 2.45) is 17.7 Å². The number of rotatable bonds is 5. The lowest BCUT2D eigenvalue weighted by molar-refractivity contribution is -0.0364. The van der Waals surface area contributed by atoms with Gasteiger partial charge in [0.2, 0.25) is 0 Å². The van der Waals surface area contributed by atoms with Gasteiger partial charge in [-0.25, -0.2) is 0 Å². The molecule has 0 spiro atoms. The van der Waals surface area contributed by atoms with E-state index < -0.39 is 0 Å². The van der Waals surface area contributed by atoms with Gasteiger partial charge in [0.15, 0.2) is 0 Å². The van der Waals surface area contributed by atoms with E-state index in [2.05, 4.69) is 26.2 Å². The van der Waals surface area contributed by atoms with Gasteiger partial charge in [0.1, 0.15) is 0 Å². The molecule has 3 heteroatoms. The highest BCUT2D eigenvalue weighted by molar-refractivity contribution is 4.91. The Kier molecular flexibility index (Phi) is 5.22. The van der Waals surface area contributed by atoms with Crippen LogP contribution < -0.4 is 11.3 Å². The van der Waals surface area contributed by atoms with Crippen LogP contribution in [-0.4, -0.2) is 18.8 Å². The Balaban J connectivity index is 2.65. The van der Waals surface area contributed by atoms with Crippen molar-refractivity contribution in [1.82, 2.24) is 5.43 Å². The molecule has 0 saturated heterocycles. The number of nitrogens with two attached hydrogens (primary N) is 1. The number of ether oxygens (including phenoxy) is 1. The second-order valence-corrected chi connectivity index (χ2v) is 5.65. The number of hydrogen-bond donors (Lipinski definition) is 2. The first kappa shape index (κ1) is 13.9. The normalized spacial score (nSPS) is 29.1. The van der Waals surface area contributed by atoms with E-state index in [1.807, 2.05) is 0 Å². The summed E-state index contributed by atoms with van der Waals surface area (Å²) in [6, 6.07) is 0.256. The predicted molar refractivity (Wildman–Crippen MR) is 67.9 cm³/mol. The van der Waals surface area contributed by atoms with Crippen LogP contribution in [-0.2, 0) is 4.74 Å². The Morgan fingerprint density at radius 1 is 1.44 bits per heavy atom. The summed E-state index contributed by atoms with van der Waals surface area (Å²) in [6.45, 7) is 6.53. The minimum Gasteiger partial charge on any atom is -0.377 e. The Bertz CT molecular complexity index is 206. The lowest BCUT2D eigenvalue weighted by Gasteiger charge is -2.41. The molecule has 1 saturated carbocycles. The number of nitrogens with one attached hydrogen (secondary N) is 1. The van der Waals surface area contributed by atoms with E-state index in [0.717, 1.165) is 5.92 Å². The van der Waals surface area contributed by atoms with E-state index in [-0.39, 0.29) is 11.6 Å². The monoisotopic (exact) mass is 228 g/mol. The summed E-state index contributed by atoms with van der Waals surface area (Å²) in [5.74, 6) is 7.25. The van der Waals surface area contributed by atoms with E-state index in [9.17, 15) is 0 Å². The summed E-state index contributed by atoms with van der Waals surface area (Å²) in [4.78, 5) is 0. The molecule has 0 aromatic heterocycles. The minimum absolute atomic E-state index is 0.185. The van der Waals surface area contributed by atoms with Crippen molar-refractivity contribution in [3.05, 3.63) is 0 Å². The molecule has 0 bridgehead atoms. The number of hydrazine groups is 1. The molecular formula is C13H28N2O. The van der Waals surface area contributed by atoms with Crippen LogP contribution in [0, 0.1) is 11.8 Å². The lowest BCUT2D eigenvalue weighted by atomic mass is 9.73. The molecule has 3 atom stereocenters. The molecule has 0 heterocycles. The molecular weight excluding hydrogens is 200 g/mol. The van der Waals surface area contributed by atoms with Crippen LogP contribution >= 0.6 is 0 Å². The third kappa shape index (κ3) is 3.19. The third-order valence-electron chi connectivity index (χ3n) is 4.33. The third-order valence-corrected chi connectivity index (χ3v) is 4.33. The summed E-state index contributed by atoms with van der Waals surface area (Å²) in [7, 11) is 1.77. The lowest BCUT2D eigenvalue weighted by Crippen LogP contribution is -2.55. The maximum Gasteiger partial charge on any atom is 0.0791 e. The number of methoxy groups -OCH3 is 1. The van der Waals surface area contributed by atoms with E-state index in [0.29, 0.717) is 5.92 Å². The molecule has 1 aliphatic carbocycles. The Labute approximate surface area is 100 Å². The van der Waals surface area contributed by atoms with Crippen LogP contribution in [0.3, 0.4) is 0 Å². The van der Waals surface area contributed by atoms with Crippen molar-refractivity contribution in [3.63, 3.8) is 0 Å². The molecule has 1 fully saturated rings. The smallest absolute Gasteiger partial charge is 0.0791 e. The van der Waals surface area contributed by atoms with E-state index in [4.69, 9.17) is 10.6 Å². The molecule has 0 aliphatic heterocycles. The summed E-state index contributed by atoms with van der Waals surface area (Å²) in [6.07, 6.45) is 6.58. The Hall–Kier alpha value is -0.120. The molecule has 3 N–H and O–H groups in total. The minimum atomic E-state index is -0.185. The van der Waals surface area contributed by atoms with Crippen molar-refractivity contribution < 1.29 is 4.74 Å². The van der Waals surface area contributed by atoms with Crippen LogP contribution in [0.5, 0.6) is 0 Å². The van der Waals surface area contributed by atoms with Gasteiger partial charge in [0, 0.05) is 7.11 Å². The standard InChI is InChI=1S/C13H28N2O/c1-5-10-7-6-8-11(9-10)12(15-14)13(2,3)16-4/h10-12,15H,5-9,14H2,1-4H3. The van der Waals surface area contributed by atoms with Crippen molar-refractivity contribution in [2.45, 2.75) is 64.5 Å². The molecule has 1 aliphatic rings. The van der Waals surface area contributed by atoms with Gasteiger partial charge in [0.25, 0.3) is 0 Å². The first-order valence-corrected chi connectivity index (χ1v) is 6.56. The molecule has 3 unspecified atom stereocenters. The average molecular weight is 228 g/mol. The largest absolute Gasteiger partial charge is 0.377 e. The van der Waals surface area contributed by atoms with Crippen molar-refractivity contribution in [1.29, 1.82) is 0 Å². The molecule has 0 aromatic carbocycles. The molecule has 3 nitrogen and oxygen atoms in total. The van der Waals surface area contributed by atoms with Crippen molar-refractivity contribution in [3.8, 4) is 0 Å². The maximum atomic E-state index is 5.72. The molecule has 0 aromatic rings. The Morgan fingerprint density at radius 3 is 2.62 bits per heavy atom. The molecule has 16 heavy (non-hydrogen) atoms. The Morgan fingerprint density at radius 2 is 2.12 bits per heavy atom. The second kappa shape index (κ2) is 5.99. The van der Waals surface area contributed by atoms with Crippen LogP contribution in [0.15, 0.2) is 0 Å². The van der Waals surface area contributed by atoms with Gasteiger partial charge in [-0.15, -0.1) is 0 Å². The van der Waals surface area contributed by atoms with Gasteiger partial charge in [-0.05, 0) is 38.5 Å². The second-order valence-electron chi connectivity index (χ2n) is 5.65. The fraction of sp³-hybridized carbons (Fsp3) is 1.00. The van der Waals surface area contributed by atoms with Gasteiger partial charge < -0.3 is 4.74 Å². The average Bonchev–Trinajstić information content (AvgIpc) is 2.30. The summed E-state index contributed by atoms with van der Waals surface area (Å²) < 4.78 is 5.57. The van der Waals surface area contributed by atoms with Crippen LogP contribution in [0.25, 0.3) is 0 Å². The zero-order chi connectivity index (χ0) is 12.2. The molecule has 1 rings (SSSR count). The van der Waals surface area contributed by atoms with Crippen LogP contribution in [0.2, 0.25) is 0 Å². The molecule has 96 valence electrons. The molecule has 0 radical (unpaired) electrons. The topological polar surface area (TPSA) is 47.3 Å². The summed E-state index contributed by atoms with van der Waals surface area (Å²) in [5.41, 5.74) is 2.80. The fourth-order valence-corrected chi connectivity index (χ4v) is 3.04. The maximum absolute atomic E-state index is 5.72. The fourth-order valence-electron chi connectivity index (χ4n) is 3.04. The van der Waals surface area contributed by atoms with Gasteiger partial charge in [-0.2, -0.15) is 0 Å². The SMILES string of the molecule is CCC1CCCC(C(NN)C(C)(C)OC)C1. The van der Waals surface area contributed by atoms with E-state index in [1.54, 1.807) is 7.11 Å². The molecule has 0 amide bonds. The first-order chi connectivity index (χ1) is 7.55. The van der Waals surface area contributed by atoms with E-state index in [1.165, 1.54) is 32.1 Å². The first-order valence-electron chi connectivity index (χ1n) is 6.56. The van der Waals surface area contributed by atoms with Crippen LogP contribution in [0.1, 0.15) is 52.9 Å². The van der Waals surface area contributed by atoms with Crippen molar-refractivity contribution in [2.75, 3.05) is 7.11 Å². The highest BCUT2D eigenvalue weighted by Crippen LogP contribution is 2.36. The predicted octanol–water partition coefficient (Wildman–Crippen LogP) is 2.46. The zero-order valence-electron chi connectivity index (χ0n) is 11.3. The van der Waals surface area contributed by atoms with Crippen LogP contribution in [0.4, 0.5) is 0 Å². The summed E-state index contributed by atoms with van der Waals surface area (Å²) >= 11 is 0. The zero-order valence-corrected chi connectivity index (χ0v) is 11.3. The van der Waals surface area contributed by atoms with E-state index >= 15 is 0 Å². The highest BCUT2D eigenvalue weighted by atomic mass is 16.5. The highest BCUT2D eigenvalue weighted by Gasteiger charge is 2.37. The van der Waals surface area contributed by atoms with Crippen molar-refractivity contribution >= 4 is 0 Å². The number of hydrogen-bond acceptors (Lipinski definition) is 3. The van der Waals surface area contributed by atoms with Gasteiger partial charge in [-0.1, -0.05) is 26.2 Å². The van der Waals surface area contributed by atoms with Gasteiger partial charge >= 0.3 is 0 Å². The van der Waals surface area contributed by atoms with Gasteiger partial charge in [0.05, 0.1) is 11.6 Å². The quantitative estimate of drug-likeness (QED) is 0.561. The summed E-state index contributed by atoms with van der Waals surface area (Å²) in [5, 5.41) is 0. The van der Waals surface area contributed by atoms with Gasteiger partial charge in [-0.3, -0.25) is 11.3 Å².